The van der Waals surface area contributed by atoms with E-state index in [2.05, 4.69) is 55.0 Å². The van der Waals surface area contributed by atoms with Crippen LogP contribution in [0.3, 0.4) is 0 Å². The Balaban J connectivity index is 0.00000274. The first-order valence-corrected chi connectivity index (χ1v) is 12.4. The molecule has 2 aliphatic rings. The third-order valence-electron chi connectivity index (χ3n) is 5.25. The van der Waals surface area contributed by atoms with E-state index in [-0.39, 0.29) is 5.92 Å². The number of likely N-dealkylation sites (N-methyl/N-ethyl adjacent to an activating group) is 2. The van der Waals surface area contributed by atoms with Gasteiger partial charge in [0, 0.05) is 31.4 Å². The van der Waals surface area contributed by atoms with Gasteiger partial charge in [0.1, 0.15) is 13.0 Å². The van der Waals surface area contributed by atoms with Crippen molar-refractivity contribution in [1.82, 2.24) is 15.3 Å². The standard InChI is InChI=1S/C26H32ClN4.2C2H6/c1-10-14-15-24(22(27)13-4)31-19(6)25-23(28-31)16-18(5)30(9)26(25)20(11-2)17-21(12-3)29(7)8;2*1-2/h10-17,25,28H,1,3-6H2,2,7-9H3;2*1-2H3/q+1;;/b15-14-,20-11+,21-17+,24-22-;;. The molecule has 0 aromatic rings. The van der Waals surface area contributed by atoms with Crippen LogP contribution in [-0.2, 0) is 0 Å². The van der Waals surface area contributed by atoms with Crippen LogP contribution in [0.25, 0.3) is 0 Å². The van der Waals surface area contributed by atoms with Crippen LogP contribution in [0.2, 0.25) is 0 Å². The minimum absolute atomic E-state index is 0.0902. The van der Waals surface area contributed by atoms with E-state index in [1.54, 1.807) is 12.2 Å². The van der Waals surface area contributed by atoms with E-state index in [0.717, 1.165) is 39.8 Å². The molecule has 1 fully saturated rings. The van der Waals surface area contributed by atoms with Gasteiger partial charge >= 0.3 is 0 Å². The molecule has 0 aromatic heterocycles. The van der Waals surface area contributed by atoms with Gasteiger partial charge in [0.15, 0.2) is 5.70 Å². The van der Waals surface area contributed by atoms with Gasteiger partial charge < -0.3 is 4.90 Å². The van der Waals surface area contributed by atoms with E-state index in [4.69, 9.17) is 11.6 Å². The number of nitrogens with zero attached hydrogens (tertiary/aromatic N) is 3. The second kappa shape index (κ2) is 15.6. The molecule has 1 saturated heterocycles. The summed E-state index contributed by atoms with van der Waals surface area (Å²) < 4.78 is 2.10. The number of nitrogens with one attached hydrogen (secondary N) is 1. The van der Waals surface area contributed by atoms with E-state index in [1.807, 2.05) is 90.0 Å². The maximum Gasteiger partial charge on any atom is 0.203 e. The Kier molecular flexibility index (Phi) is 14.2. The van der Waals surface area contributed by atoms with Gasteiger partial charge in [0.05, 0.1) is 22.1 Å². The Morgan fingerprint density at radius 1 is 1.11 bits per heavy atom. The fourth-order valence-corrected chi connectivity index (χ4v) is 3.70. The zero-order chi connectivity index (χ0) is 27.3. The van der Waals surface area contributed by atoms with Crippen LogP contribution in [0.5, 0.6) is 0 Å². The molecule has 0 bridgehead atoms. The molecular weight excluding hydrogens is 452 g/mol. The quantitative estimate of drug-likeness (QED) is 0.279. The van der Waals surface area contributed by atoms with E-state index >= 15 is 0 Å². The predicted molar refractivity (Wildman–Crippen MR) is 157 cm³/mol. The first kappa shape index (κ1) is 31.8. The largest absolute Gasteiger partial charge is 0.378 e. The number of hydrogen-bond donors (Lipinski definition) is 1. The van der Waals surface area contributed by atoms with Gasteiger partial charge in [-0.05, 0) is 37.8 Å². The summed E-state index contributed by atoms with van der Waals surface area (Å²) >= 11 is 6.48. The summed E-state index contributed by atoms with van der Waals surface area (Å²) in [6.45, 7) is 30.2. The van der Waals surface area contributed by atoms with Gasteiger partial charge in [0.2, 0.25) is 5.71 Å². The summed E-state index contributed by atoms with van der Waals surface area (Å²) in [6, 6.07) is 0. The first-order chi connectivity index (χ1) is 16.7. The fraction of sp³-hybridized carbons (Fsp3) is 0.300. The fourth-order valence-electron chi connectivity index (χ4n) is 3.55. The van der Waals surface area contributed by atoms with E-state index < -0.39 is 0 Å². The normalized spacial score (nSPS) is 18.4. The number of halogens is 1. The monoisotopic (exact) mass is 495 g/mol. The third-order valence-corrected chi connectivity index (χ3v) is 5.60. The molecule has 4 nitrogen and oxygen atoms in total. The van der Waals surface area contributed by atoms with E-state index in [9.17, 15) is 0 Å². The highest BCUT2D eigenvalue weighted by Crippen LogP contribution is 2.38. The smallest absolute Gasteiger partial charge is 0.203 e. The minimum Gasteiger partial charge on any atom is -0.378 e. The Morgan fingerprint density at radius 2 is 1.71 bits per heavy atom. The number of fused-ring (bicyclic) bond motifs is 1. The van der Waals surface area contributed by atoms with Crippen LogP contribution in [0.1, 0.15) is 34.6 Å². The van der Waals surface area contributed by atoms with Crippen molar-refractivity contribution < 1.29 is 4.58 Å². The van der Waals surface area contributed by atoms with Crippen LogP contribution in [-0.4, -0.2) is 41.3 Å². The minimum atomic E-state index is -0.0902. The molecule has 190 valence electrons. The summed E-state index contributed by atoms with van der Waals surface area (Å²) in [5, 5.41) is 2.40. The molecule has 5 heteroatoms. The van der Waals surface area contributed by atoms with Crippen molar-refractivity contribution in [2.24, 2.45) is 5.92 Å². The van der Waals surface area contributed by atoms with Crippen molar-refractivity contribution in [3.05, 3.63) is 121 Å². The molecule has 2 aliphatic heterocycles. The van der Waals surface area contributed by atoms with Crippen LogP contribution in [0.4, 0.5) is 0 Å². The Morgan fingerprint density at radius 3 is 2.17 bits per heavy atom. The summed E-state index contributed by atoms with van der Waals surface area (Å²) in [5.41, 5.74) is 10.0. The lowest BCUT2D eigenvalue weighted by Gasteiger charge is -2.22. The number of allylic oxidation sites excluding steroid dienone is 10. The van der Waals surface area contributed by atoms with Crippen LogP contribution >= 0.6 is 11.6 Å². The van der Waals surface area contributed by atoms with Crippen LogP contribution in [0.15, 0.2) is 121 Å². The van der Waals surface area contributed by atoms with Crippen molar-refractivity contribution in [2.45, 2.75) is 34.6 Å². The maximum absolute atomic E-state index is 6.48. The van der Waals surface area contributed by atoms with Gasteiger partial charge in [-0.25, -0.2) is 0 Å². The van der Waals surface area contributed by atoms with Gasteiger partial charge in [0.25, 0.3) is 0 Å². The summed E-state index contributed by atoms with van der Waals surface area (Å²) in [4.78, 5) is 2.03. The summed E-state index contributed by atoms with van der Waals surface area (Å²) in [5.74, 6) is -0.0902. The van der Waals surface area contributed by atoms with Gasteiger partial charge in [-0.15, -0.1) is 0 Å². The maximum atomic E-state index is 6.48. The molecule has 2 heterocycles. The summed E-state index contributed by atoms with van der Waals surface area (Å²) in [6.07, 6.45) is 15.1. The lowest BCUT2D eigenvalue weighted by atomic mass is 9.88. The van der Waals surface area contributed by atoms with E-state index in [1.165, 1.54) is 0 Å². The van der Waals surface area contributed by atoms with Gasteiger partial charge in [-0.3, -0.25) is 10.4 Å². The molecule has 0 aliphatic carbocycles. The molecule has 1 N–H and O–H groups in total. The molecule has 0 radical (unpaired) electrons. The molecule has 0 amide bonds. The topological polar surface area (TPSA) is 21.5 Å². The molecular formula is C30H44ClN4+. The highest BCUT2D eigenvalue weighted by atomic mass is 35.5. The van der Waals surface area contributed by atoms with Crippen molar-refractivity contribution in [3.8, 4) is 0 Å². The third kappa shape index (κ3) is 7.37. The second-order valence-corrected chi connectivity index (χ2v) is 7.76. The molecule has 1 atom stereocenters. The zero-order valence-corrected chi connectivity index (χ0v) is 23.7. The average Bonchev–Trinajstić information content (AvgIpc) is 3.18. The molecule has 1 unspecified atom stereocenters. The average molecular weight is 496 g/mol. The molecule has 2 rings (SSSR count). The Bertz CT molecular complexity index is 1010. The van der Waals surface area contributed by atoms with E-state index in [0.29, 0.717) is 5.03 Å². The first-order valence-electron chi connectivity index (χ1n) is 12.0. The lowest BCUT2D eigenvalue weighted by molar-refractivity contribution is -0.440. The molecule has 0 saturated carbocycles. The number of hydrazine groups is 1. The number of hydrogen-bond acceptors (Lipinski definition) is 3. The molecule has 0 aromatic carbocycles. The van der Waals surface area contributed by atoms with Crippen molar-refractivity contribution in [3.63, 3.8) is 0 Å². The molecule has 0 spiro atoms. The lowest BCUT2D eigenvalue weighted by Crippen LogP contribution is -2.31. The van der Waals surface area contributed by atoms with Gasteiger partial charge in [-0.2, -0.15) is 4.58 Å². The second-order valence-electron chi connectivity index (χ2n) is 7.35. The van der Waals surface area contributed by atoms with Crippen LogP contribution in [0, 0.1) is 5.92 Å². The van der Waals surface area contributed by atoms with Crippen molar-refractivity contribution in [1.29, 1.82) is 0 Å². The van der Waals surface area contributed by atoms with Crippen molar-refractivity contribution >= 4 is 17.3 Å². The Hall–Kier alpha value is -3.24. The van der Waals surface area contributed by atoms with Crippen LogP contribution < -0.4 is 5.43 Å². The predicted octanol–water partition coefficient (Wildman–Crippen LogP) is 7.44. The highest BCUT2D eigenvalue weighted by molar-refractivity contribution is 6.31. The number of rotatable bonds is 8. The van der Waals surface area contributed by atoms with Gasteiger partial charge in [-0.1, -0.05) is 83.8 Å². The molecule has 35 heavy (non-hydrogen) atoms. The SMILES string of the molecule is C=C/C=C\C(=C(\Cl)C=C)N1NC2=CC(=C)[N+](C)=C(C(=C/C)/C=C(\C=C)N(C)C)C2C1=C.CC.CC. The highest BCUT2D eigenvalue weighted by Gasteiger charge is 2.44. The zero-order valence-electron chi connectivity index (χ0n) is 23.0. The van der Waals surface area contributed by atoms with Crippen molar-refractivity contribution in [2.75, 3.05) is 21.1 Å². The Labute approximate surface area is 219 Å². The summed E-state index contributed by atoms with van der Waals surface area (Å²) in [7, 11) is 6.02.